The lowest BCUT2D eigenvalue weighted by atomic mass is 9.67. The van der Waals surface area contributed by atoms with Gasteiger partial charge in [0.25, 0.3) is 0 Å². The third-order valence-corrected chi connectivity index (χ3v) is 3.55. The second kappa shape index (κ2) is 5.18. The number of oxime groups is 1. The minimum atomic E-state index is -0.748. The van der Waals surface area contributed by atoms with Gasteiger partial charge >= 0.3 is 0 Å². The molecule has 16 heavy (non-hydrogen) atoms. The van der Waals surface area contributed by atoms with Gasteiger partial charge in [-0.2, -0.15) is 0 Å². The van der Waals surface area contributed by atoms with Crippen molar-refractivity contribution < 1.29 is 10.0 Å². The van der Waals surface area contributed by atoms with E-state index in [4.69, 9.17) is 10.9 Å². The first-order valence-corrected chi connectivity index (χ1v) is 5.83. The van der Waals surface area contributed by atoms with E-state index in [1.807, 2.05) is 0 Å². The quantitative estimate of drug-likeness (QED) is 0.284. The van der Waals surface area contributed by atoms with Gasteiger partial charge in [-0.05, 0) is 18.8 Å². The molecule has 0 radical (unpaired) electrons. The van der Waals surface area contributed by atoms with Gasteiger partial charge in [-0.25, -0.2) is 0 Å². The van der Waals surface area contributed by atoms with E-state index in [1.165, 1.54) is 0 Å². The topological polar surface area (TPSA) is 87.7 Å². The standard InChI is InChI=1S/C11H21N3O2/c1-3-8(2)7-13-10(15)11(5-4-6-11)9(12)14-16/h8,16H,3-7H2,1-2H3,(H2,12,14)(H,13,15). The van der Waals surface area contributed by atoms with Crippen LogP contribution in [0.1, 0.15) is 39.5 Å². The molecule has 1 saturated carbocycles. The Morgan fingerprint density at radius 2 is 2.25 bits per heavy atom. The number of carbonyl (C=O) groups is 1. The highest BCUT2D eigenvalue weighted by Crippen LogP contribution is 2.41. The molecule has 5 heteroatoms. The van der Waals surface area contributed by atoms with Crippen LogP contribution >= 0.6 is 0 Å². The van der Waals surface area contributed by atoms with Gasteiger partial charge in [0.05, 0.1) is 0 Å². The van der Waals surface area contributed by atoms with E-state index < -0.39 is 5.41 Å². The molecule has 0 aromatic rings. The van der Waals surface area contributed by atoms with Crippen molar-refractivity contribution in [1.82, 2.24) is 5.32 Å². The zero-order valence-corrected chi connectivity index (χ0v) is 9.99. The molecule has 4 N–H and O–H groups in total. The van der Waals surface area contributed by atoms with Crippen LogP contribution in [0.3, 0.4) is 0 Å². The number of amidine groups is 1. The van der Waals surface area contributed by atoms with E-state index in [2.05, 4.69) is 24.3 Å². The van der Waals surface area contributed by atoms with Crippen molar-refractivity contribution in [1.29, 1.82) is 0 Å². The lowest BCUT2D eigenvalue weighted by Crippen LogP contribution is -2.54. The second-order valence-electron chi connectivity index (χ2n) is 4.64. The van der Waals surface area contributed by atoms with E-state index in [1.54, 1.807) is 0 Å². The van der Waals surface area contributed by atoms with E-state index in [9.17, 15) is 4.79 Å². The van der Waals surface area contributed by atoms with Crippen molar-refractivity contribution in [3.8, 4) is 0 Å². The van der Waals surface area contributed by atoms with Crippen molar-refractivity contribution in [2.24, 2.45) is 22.2 Å². The van der Waals surface area contributed by atoms with Gasteiger partial charge in [0, 0.05) is 6.54 Å². The fourth-order valence-electron chi connectivity index (χ4n) is 1.81. The van der Waals surface area contributed by atoms with Gasteiger partial charge in [-0.15, -0.1) is 0 Å². The Morgan fingerprint density at radius 1 is 1.62 bits per heavy atom. The van der Waals surface area contributed by atoms with Crippen LogP contribution in [-0.2, 0) is 4.79 Å². The van der Waals surface area contributed by atoms with E-state index >= 15 is 0 Å². The minimum Gasteiger partial charge on any atom is -0.409 e. The lowest BCUT2D eigenvalue weighted by molar-refractivity contribution is -0.131. The molecule has 5 nitrogen and oxygen atoms in total. The van der Waals surface area contributed by atoms with Gasteiger partial charge < -0.3 is 16.3 Å². The molecule has 1 atom stereocenters. The smallest absolute Gasteiger partial charge is 0.233 e. The molecule has 0 heterocycles. The van der Waals surface area contributed by atoms with Crippen molar-refractivity contribution >= 4 is 11.7 Å². The number of hydrogen-bond donors (Lipinski definition) is 3. The van der Waals surface area contributed by atoms with Crippen molar-refractivity contribution in [2.75, 3.05) is 6.54 Å². The summed E-state index contributed by atoms with van der Waals surface area (Å²) in [6.07, 6.45) is 3.33. The summed E-state index contributed by atoms with van der Waals surface area (Å²) in [7, 11) is 0. The molecule has 0 aliphatic heterocycles. The van der Waals surface area contributed by atoms with Gasteiger partial charge in [0.1, 0.15) is 5.41 Å². The monoisotopic (exact) mass is 227 g/mol. The second-order valence-corrected chi connectivity index (χ2v) is 4.64. The van der Waals surface area contributed by atoms with Crippen molar-refractivity contribution in [2.45, 2.75) is 39.5 Å². The third-order valence-electron chi connectivity index (χ3n) is 3.55. The Bertz CT molecular complexity index is 285. The van der Waals surface area contributed by atoms with Crippen molar-refractivity contribution in [3.05, 3.63) is 0 Å². The van der Waals surface area contributed by atoms with Crippen LogP contribution in [0.2, 0.25) is 0 Å². The molecule has 1 aliphatic rings. The number of nitrogens with one attached hydrogen (secondary N) is 1. The van der Waals surface area contributed by atoms with Crippen LogP contribution in [-0.4, -0.2) is 23.5 Å². The van der Waals surface area contributed by atoms with E-state index in [0.29, 0.717) is 25.3 Å². The fourth-order valence-corrected chi connectivity index (χ4v) is 1.81. The first kappa shape index (κ1) is 12.8. The van der Waals surface area contributed by atoms with Gasteiger partial charge in [-0.1, -0.05) is 31.8 Å². The van der Waals surface area contributed by atoms with E-state index in [0.717, 1.165) is 12.8 Å². The highest BCUT2D eigenvalue weighted by Gasteiger charge is 2.48. The number of amides is 1. The van der Waals surface area contributed by atoms with Crippen LogP contribution in [0.5, 0.6) is 0 Å². The maximum atomic E-state index is 12.0. The summed E-state index contributed by atoms with van der Waals surface area (Å²) in [6, 6.07) is 0. The van der Waals surface area contributed by atoms with E-state index in [-0.39, 0.29) is 11.7 Å². The fraction of sp³-hybridized carbons (Fsp3) is 0.818. The first-order chi connectivity index (χ1) is 7.56. The molecule has 1 aliphatic carbocycles. The first-order valence-electron chi connectivity index (χ1n) is 5.83. The Kier molecular flexibility index (Phi) is 4.15. The minimum absolute atomic E-state index is 0.0420. The summed E-state index contributed by atoms with van der Waals surface area (Å²) >= 11 is 0. The number of nitrogens with zero attached hydrogens (tertiary/aromatic N) is 1. The molecule has 0 aromatic carbocycles. The lowest BCUT2D eigenvalue weighted by Gasteiger charge is -2.38. The van der Waals surface area contributed by atoms with Crippen LogP contribution in [0, 0.1) is 11.3 Å². The third kappa shape index (κ3) is 2.28. The average molecular weight is 227 g/mol. The summed E-state index contributed by atoms with van der Waals surface area (Å²) in [5.74, 6) is 0.392. The largest absolute Gasteiger partial charge is 0.409 e. The molecule has 1 fully saturated rings. The van der Waals surface area contributed by atoms with Gasteiger partial charge in [0.15, 0.2) is 5.84 Å². The Labute approximate surface area is 96.1 Å². The molecule has 1 unspecified atom stereocenters. The Balaban J connectivity index is 2.57. The number of hydrogen-bond acceptors (Lipinski definition) is 3. The Morgan fingerprint density at radius 3 is 2.62 bits per heavy atom. The SMILES string of the molecule is CCC(C)CNC(=O)C1(C(N)=NO)CCC1. The molecular weight excluding hydrogens is 206 g/mol. The molecule has 92 valence electrons. The average Bonchev–Trinajstić information content (AvgIpc) is 2.23. The zero-order valence-electron chi connectivity index (χ0n) is 9.99. The van der Waals surface area contributed by atoms with Crippen LogP contribution in [0.15, 0.2) is 5.16 Å². The highest BCUT2D eigenvalue weighted by atomic mass is 16.4. The maximum absolute atomic E-state index is 12.0. The normalized spacial score (nSPS) is 21.0. The summed E-state index contributed by atoms with van der Waals surface area (Å²) < 4.78 is 0. The van der Waals surface area contributed by atoms with Crippen LogP contribution in [0.4, 0.5) is 0 Å². The summed E-state index contributed by atoms with van der Waals surface area (Å²) in [5, 5.41) is 14.6. The van der Waals surface area contributed by atoms with Crippen LogP contribution < -0.4 is 11.1 Å². The van der Waals surface area contributed by atoms with Gasteiger partial charge in [-0.3, -0.25) is 4.79 Å². The summed E-state index contributed by atoms with van der Waals surface area (Å²) in [5.41, 5.74) is 4.84. The summed E-state index contributed by atoms with van der Waals surface area (Å²) in [6.45, 7) is 4.81. The highest BCUT2D eigenvalue weighted by molar-refractivity contribution is 6.07. The molecule has 0 saturated heterocycles. The molecule has 1 amide bonds. The summed E-state index contributed by atoms with van der Waals surface area (Å²) in [4.78, 5) is 12.0. The predicted octanol–water partition coefficient (Wildman–Crippen LogP) is 1.07. The van der Waals surface area contributed by atoms with Crippen molar-refractivity contribution in [3.63, 3.8) is 0 Å². The Hall–Kier alpha value is -1.26. The molecule has 1 rings (SSSR count). The molecule has 0 aromatic heterocycles. The van der Waals surface area contributed by atoms with Crippen LogP contribution in [0.25, 0.3) is 0 Å². The number of carbonyl (C=O) groups excluding carboxylic acids is 1. The van der Waals surface area contributed by atoms with Gasteiger partial charge in [0.2, 0.25) is 5.91 Å². The predicted molar refractivity (Wildman–Crippen MR) is 62.2 cm³/mol. The maximum Gasteiger partial charge on any atom is 0.233 e. The molecule has 0 spiro atoms. The zero-order chi connectivity index (χ0) is 12.2. The number of rotatable bonds is 5. The molecular formula is C11H21N3O2. The molecule has 0 bridgehead atoms. The number of nitrogens with two attached hydrogens (primary N) is 1.